The van der Waals surface area contributed by atoms with E-state index in [1.807, 2.05) is 28.8 Å². The number of rotatable bonds is 9. The topological polar surface area (TPSA) is 88.4 Å². The van der Waals surface area contributed by atoms with E-state index in [0.717, 1.165) is 60.7 Å². The summed E-state index contributed by atoms with van der Waals surface area (Å²) >= 11 is 1.74. The molecule has 0 aromatic carbocycles. The number of fused-ring (bicyclic) bond motifs is 1. The monoisotopic (exact) mass is 455 g/mol. The number of hydrogen-bond donors (Lipinski definition) is 2. The second-order valence-electron chi connectivity index (χ2n) is 10.1. The molecule has 172 valence electrons. The Morgan fingerprint density at radius 2 is 1.88 bits per heavy atom. The quantitative estimate of drug-likeness (QED) is 0.605. The van der Waals surface area contributed by atoms with Crippen molar-refractivity contribution in [2.45, 2.75) is 57.4 Å². The van der Waals surface area contributed by atoms with Crippen LogP contribution in [0.15, 0.2) is 24.4 Å². The fourth-order valence-corrected chi connectivity index (χ4v) is 7.20. The van der Waals surface area contributed by atoms with Crippen LogP contribution >= 0.6 is 11.8 Å². The predicted octanol–water partition coefficient (Wildman–Crippen LogP) is 3.36. The molecule has 2 aromatic heterocycles. The number of thioether (sulfide) groups is 1. The third-order valence-electron chi connectivity index (χ3n) is 7.76. The summed E-state index contributed by atoms with van der Waals surface area (Å²) in [5, 5.41) is 14.8. The van der Waals surface area contributed by atoms with Gasteiger partial charge < -0.3 is 10.6 Å². The molecule has 4 aliphatic carbocycles. The standard InChI is InChI=1S/C24H33N5O2S/c1-32-9-6-19(22-28-27-20-4-2-3-8-29(20)22)26-21(30)5-7-25-23(31)24-13-16-10-17(14-24)12-18(11-16)15-24/h2-4,8,16-19H,5-7,9-15H2,1H3,(H,25,31)(H,26,30). The van der Waals surface area contributed by atoms with E-state index in [1.165, 1.54) is 19.3 Å². The van der Waals surface area contributed by atoms with Crippen LogP contribution in [-0.4, -0.2) is 45.0 Å². The lowest BCUT2D eigenvalue weighted by molar-refractivity contribution is -0.146. The van der Waals surface area contributed by atoms with E-state index in [2.05, 4.69) is 27.1 Å². The first-order chi connectivity index (χ1) is 15.6. The first-order valence-electron chi connectivity index (χ1n) is 11.9. The van der Waals surface area contributed by atoms with Crippen LogP contribution in [0.4, 0.5) is 0 Å². The summed E-state index contributed by atoms with van der Waals surface area (Å²) in [7, 11) is 0. The van der Waals surface area contributed by atoms with Crippen molar-refractivity contribution in [2.24, 2.45) is 23.2 Å². The molecule has 4 bridgehead atoms. The van der Waals surface area contributed by atoms with E-state index < -0.39 is 0 Å². The van der Waals surface area contributed by atoms with Gasteiger partial charge in [0.2, 0.25) is 11.8 Å². The number of amides is 2. The minimum absolute atomic E-state index is 0.0606. The van der Waals surface area contributed by atoms with Crippen LogP contribution in [0.3, 0.4) is 0 Å². The Kier molecular flexibility index (Phi) is 6.14. The van der Waals surface area contributed by atoms with Crippen molar-refractivity contribution in [1.82, 2.24) is 25.2 Å². The number of hydrogen-bond acceptors (Lipinski definition) is 5. The maximum absolute atomic E-state index is 13.1. The molecule has 6 rings (SSSR count). The average Bonchev–Trinajstić information content (AvgIpc) is 3.20. The molecule has 7 nitrogen and oxygen atoms in total. The lowest BCUT2D eigenvalue weighted by Crippen LogP contribution is -2.53. The molecule has 1 unspecified atom stereocenters. The molecule has 0 saturated heterocycles. The third kappa shape index (κ3) is 4.26. The molecular formula is C24H33N5O2S. The Hall–Kier alpha value is -2.09. The van der Waals surface area contributed by atoms with Gasteiger partial charge in [-0.2, -0.15) is 11.8 Å². The summed E-state index contributed by atoms with van der Waals surface area (Å²) in [6.45, 7) is 0.391. The van der Waals surface area contributed by atoms with Crippen LogP contribution in [0.5, 0.6) is 0 Å². The van der Waals surface area contributed by atoms with E-state index in [9.17, 15) is 9.59 Å². The normalized spacial score (nSPS) is 29.2. The number of carbonyl (C=O) groups excluding carboxylic acids is 2. The second kappa shape index (κ2) is 9.04. The van der Waals surface area contributed by atoms with Gasteiger partial charge in [0.05, 0.1) is 6.04 Å². The molecular weight excluding hydrogens is 422 g/mol. The number of nitrogens with zero attached hydrogens (tertiary/aromatic N) is 3. The van der Waals surface area contributed by atoms with Crippen molar-refractivity contribution < 1.29 is 9.59 Å². The van der Waals surface area contributed by atoms with Gasteiger partial charge in [-0.15, -0.1) is 10.2 Å². The summed E-state index contributed by atoms with van der Waals surface area (Å²) < 4.78 is 1.93. The Morgan fingerprint density at radius 1 is 1.16 bits per heavy atom. The lowest BCUT2D eigenvalue weighted by Gasteiger charge is -2.55. The summed E-state index contributed by atoms with van der Waals surface area (Å²) in [6, 6.07) is 5.57. The zero-order valence-electron chi connectivity index (χ0n) is 18.8. The van der Waals surface area contributed by atoms with Crippen LogP contribution in [0.25, 0.3) is 5.65 Å². The molecule has 2 amide bonds. The lowest BCUT2D eigenvalue weighted by atomic mass is 9.49. The molecule has 32 heavy (non-hydrogen) atoms. The van der Waals surface area contributed by atoms with Crippen molar-refractivity contribution >= 4 is 29.2 Å². The van der Waals surface area contributed by atoms with Gasteiger partial charge in [-0.05, 0) is 86.8 Å². The first kappa shape index (κ1) is 21.7. The summed E-state index contributed by atoms with van der Waals surface area (Å²) in [5.41, 5.74) is 0.612. The van der Waals surface area contributed by atoms with Crippen molar-refractivity contribution in [3.05, 3.63) is 30.2 Å². The van der Waals surface area contributed by atoms with Gasteiger partial charge in [0.25, 0.3) is 0 Å². The molecule has 2 heterocycles. The molecule has 4 saturated carbocycles. The van der Waals surface area contributed by atoms with Crippen LogP contribution in [-0.2, 0) is 9.59 Å². The van der Waals surface area contributed by atoms with Crippen molar-refractivity contribution in [3.63, 3.8) is 0 Å². The summed E-state index contributed by atoms with van der Waals surface area (Å²) in [4.78, 5) is 25.9. The van der Waals surface area contributed by atoms with Crippen LogP contribution in [0.2, 0.25) is 0 Å². The van der Waals surface area contributed by atoms with E-state index in [1.54, 1.807) is 11.8 Å². The highest BCUT2D eigenvalue weighted by Crippen LogP contribution is 2.60. The largest absolute Gasteiger partial charge is 0.355 e. The Bertz CT molecular complexity index is 954. The van der Waals surface area contributed by atoms with Gasteiger partial charge >= 0.3 is 0 Å². The molecule has 0 radical (unpaired) electrons. The minimum Gasteiger partial charge on any atom is -0.355 e. The van der Waals surface area contributed by atoms with Crippen molar-refractivity contribution in [3.8, 4) is 0 Å². The van der Waals surface area contributed by atoms with Gasteiger partial charge in [0.15, 0.2) is 11.5 Å². The smallest absolute Gasteiger partial charge is 0.226 e. The predicted molar refractivity (Wildman–Crippen MR) is 125 cm³/mol. The molecule has 2 aromatic rings. The van der Waals surface area contributed by atoms with E-state index in [0.29, 0.717) is 6.54 Å². The van der Waals surface area contributed by atoms with E-state index >= 15 is 0 Å². The Labute approximate surface area is 193 Å². The average molecular weight is 456 g/mol. The van der Waals surface area contributed by atoms with Crippen molar-refractivity contribution in [2.75, 3.05) is 18.6 Å². The molecule has 2 N–H and O–H groups in total. The highest BCUT2D eigenvalue weighted by atomic mass is 32.2. The zero-order chi connectivity index (χ0) is 22.1. The summed E-state index contributed by atoms with van der Waals surface area (Å²) in [6.07, 6.45) is 12.2. The maximum Gasteiger partial charge on any atom is 0.226 e. The highest BCUT2D eigenvalue weighted by molar-refractivity contribution is 7.98. The Morgan fingerprint density at radius 3 is 2.56 bits per heavy atom. The highest BCUT2D eigenvalue weighted by Gasteiger charge is 2.54. The minimum atomic E-state index is -0.203. The molecule has 1 atom stereocenters. The third-order valence-corrected chi connectivity index (χ3v) is 8.40. The second-order valence-corrected chi connectivity index (χ2v) is 11.1. The number of pyridine rings is 1. The van der Waals surface area contributed by atoms with E-state index in [-0.39, 0.29) is 29.7 Å². The van der Waals surface area contributed by atoms with Gasteiger partial charge in [-0.3, -0.25) is 14.0 Å². The zero-order valence-corrected chi connectivity index (χ0v) is 19.6. The number of aromatic nitrogens is 3. The Balaban J connectivity index is 1.17. The SMILES string of the molecule is CSCCC(NC(=O)CCNC(=O)C12CC3CC(CC(C3)C1)C2)c1nnc2ccccn12. The van der Waals surface area contributed by atoms with Gasteiger partial charge in [0, 0.05) is 24.6 Å². The molecule has 4 aliphatic rings. The summed E-state index contributed by atoms with van der Waals surface area (Å²) in [5.74, 6) is 4.01. The van der Waals surface area contributed by atoms with E-state index in [4.69, 9.17) is 0 Å². The first-order valence-corrected chi connectivity index (χ1v) is 13.3. The molecule has 8 heteroatoms. The van der Waals surface area contributed by atoms with Crippen LogP contribution in [0, 0.1) is 23.2 Å². The van der Waals surface area contributed by atoms with Gasteiger partial charge in [0.1, 0.15) is 0 Å². The van der Waals surface area contributed by atoms with Crippen molar-refractivity contribution in [1.29, 1.82) is 0 Å². The molecule has 4 fully saturated rings. The van der Waals surface area contributed by atoms with Gasteiger partial charge in [-0.1, -0.05) is 6.07 Å². The molecule has 0 aliphatic heterocycles. The maximum atomic E-state index is 13.1. The fraction of sp³-hybridized carbons (Fsp3) is 0.667. The van der Waals surface area contributed by atoms with Crippen LogP contribution < -0.4 is 10.6 Å². The van der Waals surface area contributed by atoms with Gasteiger partial charge in [-0.25, -0.2) is 0 Å². The number of carbonyl (C=O) groups is 2. The van der Waals surface area contributed by atoms with Crippen LogP contribution in [0.1, 0.15) is 63.2 Å². The number of nitrogens with one attached hydrogen (secondary N) is 2. The molecule has 0 spiro atoms. The fourth-order valence-electron chi connectivity index (χ4n) is 6.73.